The van der Waals surface area contributed by atoms with Crippen molar-refractivity contribution in [1.29, 1.82) is 0 Å². The first kappa shape index (κ1) is 9.65. The number of benzene rings is 1. The maximum Gasteiger partial charge on any atom is 0.161 e. The van der Waals surface area contributed by atoms with Gasteiger partial charge in [-0.05, 0) is 31.1 Å². The van der Waals surface area contributed by atoms with E-state index in [4.69, 9.17) is 4.74 Å². The van der Waals surface area contributed by atoms with Crippen molar-refractivity contribution in [2.45, 2.75) is 13.8 Å². The van der Waals surface area contributed by atoms with Crippen LogP contribution in [0.1, 0.15) is 12.5 Å². The van der Waals surface area contributed by atoms with Gasteiger partial charge >= 0.3 is 0 Å². The highest BCUT2D eigenvalue weighted by atomic mass is 16.5. The standard InChI is InChI=1S/C11H14O2/c1-8(2)7-13-10-6-4-5-9(3)11(10)12/h4-6,12H,1,7H2,2-3H3. The van der Waals surface area contributed by atoms with Gasteiger partial charge in [0.15, 0.2) is 11.5 Å². The molecule has 1 rings (SSSR count). The lowest BCUT2D eigenvalue weighted by molar-refractivity contribution is 0.327. The van der Waals surface area contributed by atoms with Crippen LogP contribution in [0.4, 0.5) is 0 Å². The first-order valence-electron chi connectivity index (χ1n) is 4.17. The normalized spacial score (nSPS) is 9.69. The zero-order valence-corrected chi connectivity index (χ0v) is 8.00. The van der Waals surface area contributed by atoms with E-state index in [0.29, 0.717) is 12.4 Å². The summed E-state index contributed by atoms with van der Waals surface area (Å²) in [6.07, 6.45) is 0. The molecule has 0 fully saturated rings. The van der Waals surface area contributed by atoms with Crippen LogP contribution in [-0.2, 0) is 0 Å². The number of aryl methyl sites for hydroxylation is 1. The maximum atomic E-state index is 9.56. The highest BCUT2D eigenvalue weighted by Crippen LogP contribution is 2.28. The van der Waals surface area contributed by atoms with Crippen molar-refractivity contribution in [2.75, 3.05) is 6.61 Å². The Balaban J connectivity index is 2.77. The van der Waals surface area contributed by atoms with E-state index in [1.165, 1.54) is 0 Å². The molecule has 0 saturated carbocycles. The summed E-state index contributed by atoms with van der Waals surface area (Å²) in [5, 5.41) is 9.56. The highest BCUT2D eigenvalue weighted by molar-refractivity contribution is 5.44. The third-order valence-corrected chi connectivity index (χ3v) is 1.67. The zero-order chi connectivity index (χ0) is 9.84. The van der Waals surface area contributed by atoms with E-state index in [0.717, 1.165) is 11.1 Å². The second kappa shape index (κ2) is 3.99. The van der Waals surface area contributed by atoms with Crippen molar-refractivity contribution in [2.24, 2.45) is 0 Å². The largest absolute Gasteiger partial charge is 0.504 e. The third kappa shape index (κ3) is 2.51. The van der Waals surface area contributed by atoms with Crippen LogP contribution in [0.2, 0.25) is 0 Å². The smallest absolute Gasteiger partial charge is 0.161 e. The zero-order valence-electron chi connectivity index (χ0n) is 8.00. The number of ether oxygens (including phenoxy) is 1. The van der Waals surface area contributed by atoms with Crippen LogP contribution in [-0.4, -0.2) is 11.7 Å². The summed E-state index contributed by atoms with van der Waals surface area (Å²) < 4.78 is 5.33. The van der Waals surface area contributed by atoms with Gasteiger partial charge in [-0.2, -0.15) is 0 Å². The van der Waals surface area contributed by atoms with Gasteiger partial charge in [-0.3, -0.25) is 0 Å². The molecule has 2 heteroatoms. The number of phenols is 1. The molecule has 0 aromatic heterocycles. The topological polar surface area (TPSA) is 29.5 Å². The van der Waals surface area contributed by atoms with Crippen molar-refractivity contribution < 1.29 is 9.84 Å². The molecule has 0 spiro atoms. The number of hydrogen-bond acceptors (Lipinski definition) is 2. The molecule has 0 heterocycles. The molecule has 1 aromatic rings. The molecule has 13 heavy (non-hydrogen) atoms. The lowest BCUT2D eigenvalue weighted by atomic mass is 10.2. The maximum absolute atomic E-state index is 9.56. The van der Waals surface area contributed by atoms with Crippen LogP contribution in [0.3, 0.4) is 0 Å². The van der Waals surface area contributed by atoms with Crippen LogP contribution in [0.25, 0.3) is 0 Å². The van der Waals surface area contributed by atoms with Gasteiger partial charge in [-0.1, -0.05) is 18.7 Å². The molecule has 1 N–H and O–H groups in total. The predicted octanol–water partition coefficient (Wildman–Crippen LogP) is 2.66. The second-order valence-electron chi connectivity index (χ2n) is 3.17. The van der Waals surface area contributed by atoms with E-state index in [-0.39, 0.29) is 5.75 Å². The SMILES string of the molecule is C=C(C)COc1cccc(C)c1O. The van der Waals surface area contributed by atoms with Crippen LogP contribution in [0.5, 0.6) is 11.5 Å². The predicted molar refractivity (Wildman–Crippen MR) is 53.2 cm³/mol. The minimum atomic E-state index is 0.212. The molecule has 0 aliphatic heterocycles. The summed E-state index contributed by atoms with van der Waals surface area (Å²) in [5.41, 5.74) is 1.75. The fraction of sp³-hybridized carbons (Fsp3) is 0.273. The molecule has 0 aliphatic carbocycles. The van der Waals surface area contributed by atoms with Crippen molar-refractivity contribution in [3.8, 4) is 11.5 Å². The Morgan fingerprint density at radius 2 is 2.23 bits per heavy atom. The van der Waals surface area contributed by atoms with E-state index in [2.05, 4.69) is 6.58 Å². The number of hydrogen-bond donors (Lipinski definition) is 1. The van der Waals surface area contributed by atoms with Gasteiger partial charge in [0.1, 0.15) is 6.61 Å². The van der Waals surface area contributed by atoms with Crippen LogP contribution < -0.4 is 4.74 Å². The molecule has 0 atom stereocenters. The Bertz CT molecular complexity index is 316. The van der Waals surface area contributed by atoms with Gasteiger partial charge < -0.3 is 9.84 Å². The summed E-state index contributed by atoms with van der Waals surface area (Å²) >= 11 is 0. The molecule has 0 amide bonds. The monoisotopic (exact) mass is 178 g/mol. The Kier molecular flexibility index (Phi) is 2.96. The first-order chi connectivity index (χ1) is 6.11. The third-order valence-electron chi connectivity index (χ3n) is 1.67. The van der Waals surface area contributed by atoms with Gasteiger partial charge in [0.2, 0.25) is 0 Å². The summed E-state index contributed by atoms with van der Waals surface area (Å²) in [5.74, 6) is 0.728. The molecule has 2 nitrogen and oxygen atoms in total. The van der Waals surface area contributed by atoms with Gasteiger partial charge in [0, 0.05) is 0 Å². The van der Waals surface area contributed by atoms with Crippen molar-refractivity contribution >= 4 is 0 Å². The van der Waals surface area contributed by atoms with E-state index in [9.17, 15) is 5.11 Å². The van der Waals surface area contributed by atoms with Crippen LogP contribution >= 0.6 is 0 Å². The number of aromatic hydroxyl groups is 1. The quantitative estimate of drug-likeness (QED) is 0.721. The molecule has 0 aliphatic rings. The average Bonchev–Trinajstić information content (AvgIpc) is 2.07. The van der Waals surface area contributed by atoms with E-state index in [1.807, 2.05) is 26.0 Å². The van der Waals surface area contributed by atoms with Gasteiger partial charge in [0.25, 0.3) is 0 Å². The molecule has 0 saturated heterocycles. The Hall–Kier alpha value is -1.44. The van der Waals surface area contributed by atoms with E-state index >= 15 is 0 Å². The first-order valence-corrected chi connectivity index (χ1v) is 4.17. The molecule has 0 radical (unpaired) electrons. The summed E-state index contributed by atoms with van der Waals surface area (Å²) in [6, 6.07) is 5.43. The molecular formula is C11H14O2. The minimum Gasteiger partial charge on any atom is -0.504 e. The molecule has 70 valence electrons. The van der Waals surface area contributed by atoms with Crippen LogP contribution in [0.15, 0.2) is 30.4 Å². The molecular weight excluding hydrogens is 164 g/mol. The highest BCUT2D eigenvalue weighted by Gasteiger charge is 2.03. The van der Waals surface area contributed by atoms with Crippen LogP contribution in [0, 0.1) is 6.92 Å². The Morgan fingerprint density at radius 1 is 1.54 bits per heavy atom. The van der Waals surface area contributed by atoms with E-state index < -0.39 is 0 Å². The van der Waals surface area contributed by atoms with Crippen molar-refractivity contribution in [3.63, 3.8) is 0 Å². The fourth-order valence-electron chi connectivity index (χ4n) is 0.949. The van der Waals surface area contributed by atoms with Crippen molar-refractivity contribution in [3.05, 3.63) is 35.9 Å². The molecule has 0 bridgehead atoms. The lowest BCUT2D eigenvalue weighted by Crippen LogP contribution is -1.97. The average molecular weight is 178 g/mol. The van der Waals surface area contributed by atoms with Gasteiger partial charge in [-0.25, -0.2) is 0 Å². The lowest BCUT2D eigenvalue weighted by Gasteiger charge is -2.08. The Morgan fingerprint density at radius 3 is 2.85 bits per heavy atom. The summed E-state index contributed by atoms with van der Waals surface area (Å²) in [6.45, 7) is 7.88. The van der Waals surface area contributed by atoms with Crippen molar-refractivity contribution in [1.82, 2.24) is 0 Å². The van der Waals surface area contributed by atoms with Gasteiger partial charge in [-0.15, -0.1) is 0 Å². The molecule has 1 aromatic carbocycles. The summed E-state index contributed by atoms with van der Waals surface area (Å²) in [4.78, 5) is 0. The number of para-hydroxylation sites is 1. The number of rotatable bonds is 3. The van der Waals surface area contributed by atoms with Gasteiger partial charge in [0.05, 0.1) is 0 Å². The number of phenolic OH excluding ortho intramolecular Hbond substituents is 1. The Labute approximate surface area is 78.5 Å². The summed E-state index contributed by atoms with van der Waals surface area (Å²) in [7, 11) is 0. The van der Waals surface area contributed by atoms with E-state index in [1.54, 1.807) is 6.07 Å². The minimum absolute atomic E-state index is 0.212. The fourth-order valence-corrected chi connectivity index (χ4v) is 0.949. The molecule has 0 unspecified atom stereocenters. The second-order valence-corrected chi connectivity index (χ2v) is 3.17.